The van der Waals surface area contributed by atoms with Crippen LogP contribution in [-0.4, -0.2) is 0 Å². The quantitative estimate of drug-likeness (QED) is 0.666. The van der Waals surface area contributed by atoms with Crippen molar-refractivity contribution < 1.29 is 4.39 Å². The Bertz CT molecular complexity index is 522. The smallest absolute Gasteiger partial charge is 0.123 e. The Morgan fingerprint density at radius 1 is 1.12 bits per heavy atom. The molecule has 2 rings (SSSR count). The summed E-state index contributed by atoms with van der Waals surface area (Å²) in [5, 5.41) is -0.321. The first-order valence-corrected chi connectivity index (χ1v) is 6.46. The first-order valence-electron chi connectivity index (χ1n) is 5.23. The van der Waals surface area contributed by atoms with Gasteiger partial charge in [-0.1, -0.05) is 34.1 Å². The van der Waals surface area contributed by atoms with Crippen molar-refractivity contribution in [2.45, 2.75) is 12.3 Å². The predicted molar refractivity (Wildman–Crippen MR) is 73.0 cm³/mol. The maximum Gasteiger partial charge on any atom is 0.123 e. The molecule has 0 aliphatic carbocycles. The third-order valence-electron chi connectivity index (χ3n) is 2.68. The molecule has 0 spiro atoms. The fourth-order valence-corrected chi connectivity index (χ4v) is 2.34. The van der Waals surface area contributed by atoms with Crippen molar-refractivity contribution in [3.8, 4) is 0 Å². The second-order valence-corrected chi connectivity index (χ2v) is 5.27. The fraction of sp³-hybridized carbons (Fsp3) is 0.143. The summed E-state index contributed by atoms with van der Waals surface area (Å²) in [5.74, 6) is -0.256. The lowest BCUT2D eigenvalue weighted by atomic mass is 10.00. The number of aryl methyl sites for hydroxylation is 1. The van der Waals surface area contributed by atoms with Crippen LogP contribution < -0.4 is 0 Å². The molecule has 0 bridgehead atoms. The van der Waals surface area contributed by atoms with Crippen LogP contribution in [0.3, 0.4) is 0 Å². The highest BCUT2D eigenvalue weighted by molar-refractivity contribution is 9.10. The van der Waals surface area contributed by atoms with Crippen LogP contribution >= 0.6 is 27.5 Å². The number of hydrogen-bond acceptors (Lipinski definition) is 0. The standard InChI is InChI=1S/C14H11BrClF/c1-9-2-7-12(17)8-13(9)14(16)10-3-5-11(15)6-4-10/h2-8,14H,1H3. The highest BCUT2D eigenvalue weighted by Crippen LogP contribution is 2.31. The van der Waals surface area contributed by atoms with E-state index in [9.17, 15) is 4.39 Å². The van der Waals surface area contributed by atoms with Crippen molar-refractivity contribution in [1.82, 2.24) is 0 Å². The largest absolute Gasteiger partial charge is 0.207 e. The molecule has 2 aromatic rings. The lowest BCUT2D eigenvalue weighted by molar-refractivity contribution is 0.625. The Labute approximate surface area is 114 Å². The number of rotatable bonds is 2. The molecule has 0 nitrogen and oxygen atoms in total. The molecular formula is C14H11BrClF. The molecule has 0 saturated heterocycles. The van der Waals surface area contributed by atoms with E-state index < -0.39 is 0 Å². The number of halogens is 3. The SMILES string of the molecule is Cc1ccc(F)cc1C(Cl)c1ccc(Br)cc1. The van der Waals surface area contributed by atoms with Gasteiger partial charge >= 0.3 is 0 Å². The molecule has 1 atom stereocenters. The molecule has 0 amide bonds. The van der Waals surface area contributed by atoms with Crippen molar-refractivity contribution >= 4 is 27.5 Å². The molecule has 0 N–H and O–H groups in total. The van der Waals surface area contributed by atoms with E-state index in [1.807, 2.05) is 31.2 Å². The van der Waals surface area contributed by atoms with Crippen LogP contribution in [0.25, 0.3) is 0 Å². The van der Waals surface area contributed by atoms with E-state index in [2.05, 4.69) is 15.9 Å². The lowest BCUT2D eigenvalue weighted by Gasteiger charge is -2.13. The number of benzene rings is 2. The molecule has 0 fully saturated rings. The third kappa shape index (κ3) is 2.88. The predicted octanol–water partition coefficient (Wildman–Crippen LogP) is 5.22. The average molecular weight is 314 g/mol. The van der Waals surface area contributed by atoms with Gasteiger partial charge in [0.1, 0.15) is 5.82 Å². The van der Waals surface area contributed by atoms with Crippen LogP contribution in [0.5, 0.6) is 0 Å². The monoisotopic (exact) mass is 312 g/mol. The molecular weight excluding hydrogens is 303 g/mol. The first-order chi connectivity index (χ1) is 8.08. The van der Waals surface area contributed by atoms with Gasteiger partial charge < -0.3 is 0 Å². The Kier molecular flexibility index (Phi) is 3.85. The molecule has 17 heavy (non-hydrogen) atoms. The van der Waals surface area contributed by atoms with Crippen molar-refractivity contribution in [2.24, 2.45) is 0 Å². The van der Waals surface area contributed by atoms with E-state index in [-0.39, 0.29) is 11.2 Å². The summed E-state index contributed by atoms with van der Waals surface area (Å²) in [4.78, 5) is 0. The van der Waals surface area contributed by atoms with E-state index in [4.69, 9.17) is 11.6 Å². The Morgan fingerprint density at radius 3 is 2.41 bits per heavy atom. The van der Waals surface area contributed by atoms with Gasteiger partial charge in [-0.25, -0.2) is 4.39 Å². The molecule has 0 aliphatic heterocycles. The van der Waals surface area contributed by atoms with Crippen molar-refractivity contribution in [3.63, 3.8) is 0 Å². The van der Waals surface area contributed by atoms with E-state index >= 15 is 0 Å². The fourth-order valence-electron chi connectivity index (χ4n) is 1.70. The van der Waals surface area contributed by atoms with Gasteiger partial charge in [-0.2, -0.15) is 0 Å². The van der Waals surface area contributed by atoms with Gasteiger partial charge in [-0.05, 0) is 47.9 Å². The highest BCUT2D eigenvalue weighted by Gasteiger charge is 2.13. The van der Waals surface area contributed by atoms with Crippen LogP contribution in [0.2, 0.25) is 0 Å². The maximum absolute atomic E-state index is 13.2. The topological polar surface area (TPSA) is 0 Å². The molecule has 0 saturated carbocycles. The number of alkyl halides is 1. The third-order valence-corrected chi connectivity index (χ3v) is 3.69. The van der Waals surface area contributed by atoms with Gasteiger partial charge in [-0.3, -0.25) is 0 Å². The van der Waals surface area contributed by atoms with Gasteiger partial charge in [0.25, 0.3) is 0 Å². The summed E-state index contributed by atoms with van der Waals surface area (Å²) >= 11 is 9.75. The lowest BCUT2D eigenvalue weighted by Crippen LogP contribution is -1.97. The molecule has 0 aromatic heterocycles. The summed E-state index contributed by atoms with van der Waals surface area (Å²) in [6.45, 7) is 1.93. The second kappa shape index (κ2) is 5.19. The molecule has 0 radical (unpaired) electrons. The van der Waals surface area contributed by atoms with Gasteiger partial charge in [0, 0.05) is 4.47 Å². The molecule has 1 unspecified atom stereocenters. The van der Waals surface area contributed by atoms with E-state index in [1.165, 1.54) is 12.1 Å². The molecule has 0 heterocycles. The Morgan fingerprint density at radius 2 is 1.76 bits per heavy atom. The molecule has 88 valence electrons. The molecule has 2 aromatic carbocycles. The first kappa shape index (κ1) is 12.6. The average Bonchev–Trinajstić information content (AvgIpc) is 2.32. The second-order valence-electron chi connectivity index (χ2n) is 3.92. The minimum absolute atomic E-state index is 0.256. The van der Waals surface area contributed by atoms with Crippen LogP contribution in [0.4, 0.5) is 4.39 Å². The molecule has 3 heteroatoms. The number of hydrogen-bond donors (Lipinski definition) is 0. The minimum atomic E-state index is -0.321. The highest BCUT2D eigenvalue weighted by atomic mass is 79.9. The summed E-state index contributed by atoms with van der Waals surface area (Å²) in [6, 6.07) is 12.4. The van der Waals surface area contributed by atoms with Crippen molar-refractivity contribution in [1.29, 1.82) is 0 Å². The maximum atomic E-state index is 13.2. The van der Waals surface area contributed by atoms with Crippen LogP contribution in [-0.2, 0) is 0 Å². The zero-order valence-corrected chi connectivity index (χ0v) is 11.6. The minimum Gasteiger partial charge on any atom is -0.207 e. The van der Waals surface area contributed by atoms with E-state index in [0.717, 1.165) is 21.2 Å². The van der Waals surface area contributed by atoms with Crippen LogP contribution in [0.1, 0.15) is 22.1 Å². The normalized spacial score (nSPS) is 12.5. The van der Waals surface area contributed by atoms with Crippen molar-refractivity contribution in [2.75, 3.05) is 0 Å². The van der Waals surface area contributed by atoms with Gasteiger partial charge in [0.15, 0.2) is 0 Å². The van der Waals surface area contributed by atoms with Crippen LogP contribution in [0.15, 0.2) is 46.9 Å². The van der Waals surface area contributed by atoms with E-state index in [1.54, 1.807) is 6.07 Å². The Hall–Kier alpha value is -0.860. The van der Waals surface area contributed by atoms with Gasteiger partial charge in [0.2, 0.25) is 0 Å². The zero-order valence-electron chi connectivity index (χ0n) is 9.25. The Balaban J connectivity index is 2.39. The summed E-state index contributed by atoms with van der Waals surface area (Å²) in [7, 11) is 0. The van der Waals surface area contributed by atoms with Crippen molar-refractivity contribution in [3.05, 3.63) is 69.4 Å². The van der Waals surface area contributed by atoms with Gasteiger partial charge in [0.05, 0.1) is 5.38 Å². The summed E-state index contributed by atoms with van der Waals surface area (Å²) < 4.78 is 14.2. The van der Waals surface area contributed by atoms with Crippen LogP contribution in [0, 0.1) is 12.7 Å². The van der Waals surface area contributed by atoms with E-state index in [0.29, 0.717) is 0 Å². The molecule has 0 aliphatic rings. The zero-order chi connectivity index (χ0) is 12.4. The summed E-state index contributed by atoms with van der Waals surface area (Å²) in [5.41, 5.74) is 2.77. The summed E-state index contributed by atoms with van der Waals surface area (Å²) in [6.07, 6.45) is 0. The van der Waals surface area contributed by atoms with Gasteiger partial charge in [-0.15, -0.1) is 11.6 Å².